The quantitative estimate of drug-likeness (QED) is 0.680. The Labute approximate surface area is 177 Å². The first kappa shape index (κ1) is 20.9. The van der Waals surface area contributed by atoms with Crippen molar-refractivity contribution >= 4 is 11.6 Å². The van der Waals surface area contributed by atoms with Gasteiger partial charge in [0, 0.05) is 24.3 Å². The first-order valence-corrected chi connectivity index (χ1v) is 9.78. The zero-order valence-electron chi connectivity index (χ0n) is 16.8. The van der Waals surface area contributed by atoms with Gasteiger partial charge in [-0.05, 0) is 54.8 Å². The summed E-state index contributed by atoms with van der Waals surface area (Å²) in [5, 5.41) is 3.82. The zero-order chi connectivity index (χ0) is 22.2. The average molecular weight is 430 g/mol. The molecule has 162 valence electrons. The molecule has 0 radical (unpaired) electrons. The van der Waals surface area contributed by atoms with Crippen molar-refractivity contribution in [2.75, 3.05) is 18.6 Å². The maximum Gasteiger partial charge on any atom is 0.435 e. The predicted molar refractivity (Wildman–Crippen MR) is 109 cm³/mol. The fourth-order valence-corrected chi connectivity index (χ4v) is 3.75. The van der Waals surface area contributed by atoms with E-state index in [1.54, 1.807) is 48.5 Å². The summed E-state index contributed by atoms with van der Waals surface area (Å²) in [6, 6.07) is 13.5. The fraction of sp³-hybridized carbons (Fsp3) is 0.273. The highest BCUT2D eigenvalue weighted by Crippen LogP contribution is 2.36. The lowest BCUT2D eigenvalue weighted by molar-refractivity contribution is -0.141. The Morgan fingerprint density at radius 3 is 2.29 bits per heavy atom. The lowest BCUT2D eigenvalue weighted by atomic mass is 10.1. The molecule has 0 saturated heterocycles. The highest BCUT2D eigenvalue weighted by molar-refractivity contribution is 6.06. The minimum absolute atomic E-state index is 0.0714. The van der Waals surface area contributed by atoms with Crippen molar-refractivity contribution in [3.05, 3.63) is 71.0 Å². The molecule has 31 heavy (non-hydrogen) atoms. The van der Waals surface area contributed by atoms with Crippen molar-refractivity contribution in [3.8, 4) is 11.4 Å². The molecule has 1 aliphatic heterocycles. The van der Waals surface area contributed by atoms with E-state index in [0.717, 1.165) is 10.2 Å². The number of hydrogen-bond donors (Lipinski definition) is 1. The molecule has 2 heterocycles. The lowest BCUT2D eigenvalue weighted by Gasteiger charge is -2.22. The molecule has 0 saturated carbocycles. The number of aromatic nitrogens is 2. The molecule has 3 aromatic rings. The summed E-state index contributed by atoms with van der Waals surface area (Å²) in [6.45, 7) is 0.660. The molecule has 0 unspecified atom stereocenters. The molecule has 0 spiro atoms. The van der Waals surface area contributed by atoms with Crippen LogP contribution in [0.4, 0.5) is 18.9 Å². The Hall–Kier alpha value is -3.33. The molecule has 1 aromatic heterocycles. The summed E-state index contributed by atoms with van der Waals surface area (Å²) >= 11 is 0. The minimum atomic E-state index is -4.67. The zero-order valence-corrected chi connectivity index (χ0v) is 16.8. The molecule has 2 aromatic carbocycles. The third-order valence-electron chi connectivity index (χ3n) is 5.31. The molecular weight excluding hydrogens is 409 g/mol. The van der Waals surface area contributed by atoms with Gasteiger partial charge in [0.1, 0.15) is 11.4 Å². The lowest BCUT2D eigenvalue weighted by Crippen LogP contribution is -2.32. The molecule has 0 fully saturated rings. The Bertz CT molecular complexity index is 1090. The number of ether oxygens (including phenoxy) is 1. The van der Waals surface area contributed by atoms with Crippen LogP contribution >= 0.6 is 0 Å². The number of nitrogens with two attached hydrogens (primary N) is 1. The number of benzene rings is 2. The number of nitrogens with zero attached hydrogens (tertiary/aromatic N) is 3. The van der Waals surface area contributed by atoms with Crippen LogP contribution < -0.4 is 15.4 Å². The molecule has 9 heteroatoms. The Kier molecular flexibility index (Phi) is 5.45. The van der Waals surface area contributed by atoms with Crippen LogP contribution in [0.15, 0.2) is 48.5 Å². The molecule has 0 atom stereocenters. The van der Waals surface area contributed by atoms with Crippen molar-refractivity contribution in [2.45, 2.75) is 25.6 Å². The molecule has 1 amide bonds. The summed E-state index contributed by atoms with van der Waals surface area (Å²) in [7, 11) is 1.49. The van der Waals surface area contributed by atoms with E-state index in [4.69, 9.17) is 10.5 Å². The number of halogens is 3. The third kappa shape index (κ3) is 3.88. The van der Waals surface area contributed by atoms with E-state index in [-0.39, 0.29) is 17.7 Å². The highest BCUT2D eigenvalue weighted by Gasteiger charge is 2.42. The summed E-state index contributed by atoms with van der Waals surface area (Å²) in [5.74, 6) is 0.0257. The van der Waals surface area contributed by atoms with Crippen LogP contribution in [0.3, 0.4) is 0 Å². The van der Waals surface area contributed by atoms with Crippen molar-refractivity contribution in [1.82, 2.24) is 9.78 Å². The van der Waals surface area contributed by atoms with Crippen molar-refractivity contribution in [2.24, 2.45) is 5.73 Å². The van der Waals surface area contributed by atoms with Gasteiger partial charge in [-0.3, -0.25) is 4.79 Å². The second-order valence-corrected chi connectivity index (χ2v) is 7.21. The van der Waals surface area contributed by atoms with E-state index < -0.39 is 17.8 Å². The molecule has 6 nitrogen and oxygen atoms in total. The third-order valence-corrected chi connectivity index (χ3v) is 5.31. The van der Waals surface area contributed by atoms with Gasteiger partial charge in [0.05, 0.1) is 12.8 Å². The van der Waals surface area contributed by atoms with Crippen molar-refractivity contribution in [1.29, 1.82) is 0 Å². The van der Waals surface area contributed by atoms with Crippen LogP contribution in [0.25, 0.3) is 5.69 Å². The van der Waals surface area contributed by atoms with Gasteiger partial charge < -0.3 is 15.4 Å². The second-order valence-electron chi connectivity index (χ2n) is 7.21. The first-order valence-electron chi connectivity index (χ1n) is 9.78. The molecule has 0 aliphatic carbocycles. The van der Waals surface area contributed by atoms with Gasteiger partial charge >= 0.3 is 6.18 Å². The summed E-state index contributed by atoms with van der Waals surface area (Å²) in [5.41, 5.74) is 6.32. The van der Waals surface area contributed by atoms with Gasteiger partial charge in [0.2, 0.25) is 0 Å². The molecule has 0 bridgehead atoms. The number of carbonyl (C=O) groups is 1. The normalized spacial score (nSPS) is 14.4. The Morgan fingerprint density at radius 1 is 1.06 bits per heavy atom. The Morgan fingerprint density at radius 2 is 1.71 bits per heavy atom. The molecule has 1 aliphatic rings. The van der Waals surface area contributed by atoms with Crippen LogP contribution in [0.2, 0.25) is 0 Å². The van der Waals surface area contributed by atoms with Gasteiger partial charge in [-0.1, -0.05) is 12.1 Å². The highest BCUT2D eigenvalue weighted by atomic mass is 19.4. The van der Waals surface area contributed by atoms with Crippen LogP contribution in [0.5, 0.6) is 5.75 Å². The smallest absolute Gasteiger partial charge is 0.435 e. The first-order chi connectivity index (χ1) is 14.8. The van der Waals surface area contributed by atoms with Gasteiger partial charge in [-0.25, -0.2) is 4.68 Å². The van der Waals surface area contributed by atoms with Crippen LogP contribution in [0, 0.1) is 0 Å². The number of hydrogen-bond acceptors (Lipinski definition) is 4. The predicted octanol–water partition coefficient (Wildman–Crippen LogP) is 3.95. The number of methoxy groups -OCH3 is 1. The van der Waals surface area contributed by atoms with Gasteiger partial charge in [0.25, 0.3) is 5.91 Å². The maximum atomic E-state index is 13.8. The standard InChI is InChI=1S/C22H21F3N4O2/c1-31-17-10-8-16(9-11-17)29-19-18(20(27-29)22(23,24)25)3-2-12-28(21(19)30)15-6-4-14(13-26)5-7-15/h4-11H,2-3,12-13,26H2,1H3. The van der Waals surface area contributed by atoms with Crippen LogP contribution in [-0.2, 0) is 19.1 Å². The van der Waals surface area contributed by atoms with Gasteiger partial charge in [-0.2, -0.15) is 18.3 Å². The topological polar surface area (TPSA) is 73.4 Å². The van der Waals surface area contributed by atoms with E-state index >= 15 is 0 Å². The summed E-state index contributed by atoms with van der Waals surface area (Å²) in [6.07, 6.45) is -4.18. The second kappa shape index (κ2) is 8.07. The van der Waals surface area contributed by atoms with E-state index in [1.807, 2.05) is 0 Å². The van der Waals surface area contributed by atoms with Crippen molar-refractivity contribution < 1.29 is 22.7 Å². The van der Waals surface area contributed by atoms with E-state index in [2.05, 4.69) is 5.10 Å². The number of carbonyl (C=O) groups excluding carboxylic acids is 1. The van der Waals surface area contributed by atoms with Crippen LogP contribution in [0.1, 0.15) is 33.7 Å². The SMILES string of the molecule is COc1ccc(-n2nc(C(F)(F)F)c3c2C(=O)N(c2ccc(CN)cc2)CCC3)cc1. The van der Waals surface area contributed by atoms with E-state index in [0.29, 0.717) is 36.6 Å². The monoisotopic (exact) mass is 430 g/mol. The van der Waals surface area contributed by atoms with Crippen LogP contribution in [-0.4, -0.2) is 29.3 Å². The molecule has 2 N–H and O–H groups in total. The minimum Gasteiger partial charge on any atom is -0.497 e. The van der Waals surface area contributed by atoms with E-state index in [9.17, 15) is 18.0 Å². The average Bonchev–Trinajstić information content (AvgIpc) is 3.08. The number of anilines is 1. The summed E-state index contributed by atoms with van der Waals surface area (Å²) in [4.78, 5) is 15.0. The molecule has 4 rings (SSSR count). The fourth-order valence-electron chi connectivity index (χ4n) is 3.75. The maximum absolute atomic E-state index is 13.8. The van der Waals surface area contributed by atoms with Gasteiger partial charge in [-0.15, -0.1) is 0 Å². The molecular formula is C22H21F3N4O2. The largest absolute Gasteiger partial charge is 0.497 e. The van der Waals surface area contributed by atoms with Gasteiger partial charge in [0.15, 0.2) is 5.69 Å². The number of rotatable bonds is 4. The van der Waals surface area contributed by atoms with Crippen molar-refractivity contribution in [3.63, 3.8) is 0 Å². The number of alkyl halides is 3. The Balaban J connectivity index is 1.85. The number of fused-ring (bicyclic) bond motifs is 1. The van der Waals surface area contributed by atoms with E-state index in [1.165, 1.54) is 12.0 Å². The number of amides is 1. The summed E-state index contributed by atoms with van der Waals surface area (Å²) < 4.78 is 47.5.